The number of aromatic nitrogens is 1. The molecule has 0 fully saturated rings. The molecule has 0 aliphatic carbocycles. The summed E-state index contributed by atoms with van der Waals surface area (Å²) in [6.45, 7) is 8.20. The number of nitrogens with one attached hydrogen (secondary N) is 1. The second kappa shape index (κ2) is 7.26. The highest BCUT2D eigenvalue weighted by Crippen LogP contribution is 2.14. The minimum atomic E-state index is 0.835. The molecule has 2 rings (SSSR count). The Kier molecular flexibility index (Phi) is 5.36. The van der Waals surface area contributed by atoms with Gasteiger partial charge in [-0.15, -0.1) is 11.3 Å². The van der Waals surface area contributed by atoms with Crippen molar-refractivity contribution in [1.29, 1.82) is 0 Å². The topological polar surface area (TPSA) is 28.2 Å². The molecule has 1 aromatic carbocycles. The van der Waals surface area contributed by atoms with Crippen LogP contribution in [0.5, 0.6) is 0 Å². The minimum Gasteiger partial charge on any atom is -0.372 e. The van der Waals surface area contributed by atoms with E-state index in [-0.39, 0.29) is 0 Å². The van der Waals surface area contributed by atoms with E-state index in [1.54, 1.807) is 11.3 Å². The third kappa shape index (κ3) is 4.04. The van der Waals surface area contributed by atoms with Gasteiger partial charge in [0.1, 0.15) is 0 Å². The van der Waals surface area contributed by atoms with Crippen molar-refractivity contribution in [3.8, 4) is 0 Å². The largest absolute Gasteiger partial charge is 0.372 e. The van der Waals surface area contributed by atoms with Crippen LogP contribution in [0.25, 0.3) is 0 Å². The molecule has 1 N–H and O–H groups in total. The highest BCUT2D eigenvalue weighted by molar-refractivity contribution is 7.07. The summed E-state index contributed by atoms with van der Waals surface area (Å²) in [4.78, 5) is 6.61. The Bertz CT molecular complexity index is 461. The molecule has 0 amide bonds. The third-order valence-corrected chi connectivity index (χ3v) is 3.82. The van der Waals surface area contributed by atoms with Crippen LogP contribution in [-0.2, 0) is 13.1 Å². The number of hydrogen-bond acceptors (Lipinski definition) is 4. The number of benzene rings is 1. The summed E-state index contributed by atoms with van der Waals surface area (Å²) in [6.07, 6.45) is 0. The first-order chi connectivity index (χ1) is 9.33. The molecule has 0 radical (unpaired) electrons. The number of thiazole rings is 1. The van der Waals surface area contributed by atoms with Crippen molar-refractivity contribution < 1.29 is 0 Å². The van der Waals surface area contributed by atoms with Gasteiger partial charge in [-0.2, -0.15) is 0 Å². The molecule has 0 aliphatic heterocycles. The second-order valence-electron chi connectivity index (χ2n) is 4.42. The molecule has 1 aromatic heterocycles. The lowest BCUT2D eigenvalue weighted by molar-refractivity contribution is 0.682. The van der Waals surface area contributed by atoms with E-state index in [9.17, 15) is 0 Å². The van der Waals surface area contributed by atoms with E-state index < -0.39 is 0 Å². The summed E-state index contributed by atoms with van der Waals surface area (Å²) in [7, 11) is 0. The van der Waals surface area contributed by atoms with Crippen LogP contribution < -0.4 is 10.2 Å². The van der Waals surface area contributed by atoms with Gasteiger partial charge in [0.25, 0.3) is 0 Å². The van der Waals surface area contributed by atoms with E-state index in [4.69, 9.17) is 0 Å². The standard InChI is InChI=1S/C15H21N3S/c1-3-18(4-2)15-7-5-13(6-8-15)9-16-10-14-11-19-12-17-14/h5-8,11-12,16H,3-4,9-10H2,1-2H3. The monoisotopic (exact) mass is 275 g/mol. The van der Waals surface area contributed by atoms with Crippen molar-refractivity contribution >= 4 is 17.0 Å². The fourth-order valence-corrected chi connectivity index (χ4v) is 2.63. The first-order valence-corrected chi connectivity index (χ1v) is 7.69. The average Bonchev–Trinajstić information content (AvgIpc) is 2.95. The minimum absolute atomic E-state index is 0.835. The number of hydrogen-bond donors (Lipinski definition) is 1. The lowest BCUT2D eigenvalue weighted by atomic mass is 10.2. The maximum absolute atomic E-state index is 4.26. The van der Waals surface area contributed by atoms with Crippen molar-refractivity contribution in [3.05, 3.63) is 46.4 Å². The van der Waals surface area contributed by atoms with Crippen LogP contribution in [-0.4, -0.2) is 18.1 Å². The van der Waals surface area contributed by atoms with Crippen LogP contribution >= 0.6 is 11.3 Å². The molecule has 102 valence electrons. The number of nitrogens with zero attached hydrogens (tertiary/aromatic N) is 2. The fraction of sp³-hybridized carbons (Fsp3) is 0.400. The molecule has 0 bridgehead atoms. The van der Waals surface area contributed by atoms with Crippen molar-refractivity contribution in [2.24, 2.45) is 0 Å². The zero-order valence-electron chi connectivity index (χ0n) is 11.6. The summed E-state index contributed by atoms with van der Waals surface area (Å²) in [5, 5.41) is 5.49. The summed E-state index contributed by atoms with van der Waals surface area (Å²) in [5.41, 5.74) is 5.60. The Morgan fingerprint density at radius 1 is 1.11 bits per heavy atom. The Morgan fingerprint density at radius 2 is 1.84 bits per heavy atom. The highest BCUT2D eigenvalue weighted by atomic mass is 32.1. The molecule has 2 aromatic rings. The van der Waals surface area contributed by atoms with Gasteiger partial charge in [-0.25, -0.2) is 4.98 Å². The van der Waals surface area contributed by atoms with Crippen LogP contribution in [0.15, 0.2) is 35.2 Å². The van der Waals surface area contributed by atoms with E-state index in [0.29, 0.717) is 0 Å². The Morgan fingerprint density at radius 3 is 2.42 bits per heavy atom. The quantitative estimate of drug-likeness (QED) is 0.840. The molecule has 0 aliphatic rings. The van der Waals surface area contributed by atoms with E-state index >= 15 is 0 Å². The maximum atomic E-state index is 4.26. The van der Waals surface area contributed by atoms with Gasteiger partial charge in [0, 0.05) is 37.2 Å². The summed E-state index contributed by atoms with van der Waals surface area (Å²) < 4.78 is 0. The normalized spacial score (nSPS) is 10.6. The third-order valence-electron chi connectivity index (χ3n) is 3.18. The summed E-state index contributed by atoms with van der Waals surface area (Å²) >= 11 is 1.64. The van der Waals surface area contributed by atoms with Crippen molar-refractivity contribution in [3.63, 3.8) is 0 Å². The summed E-state index contributed by atoms with van der Waals surface area (Å²) in [5.74, 6) is 0. The highest BCUT2D eigenvalue weighted by Gasteiger charge is 2.01. The van der Waals surface area contributed by atoms with E-state index in [1.165, 1.54) is 11.3 Å². The van der Waals surface area contributed by atoms with Gasteiger partial charge in [-0.3, -0.25) is 0 Å². The molecular weight excluding hydrogens is 254 g/mol. The molecule has 0 spiro atoms. The molecule has 3 nitrogen and oxygen atoms in total. The first kappa shape index (κ1) is 14.0. The molecular formula is C15H21N3S. The summed E-state index contributed by atoms with van der Waals surface area (Å²) in [6, 6.07) is 8.79. The van der Waals surface area contributed by atoms with Gasteiger partial charge in [0.05, 0.1) is 11.2 Å². The van der Waals surface area contributed by atoms with Gasteiger partial charge < -0.3 is 10.2 Å². The molecule has 1 heterocycles. The van der Waals surface area contributed by atoms with Crippen molar-refractivity contribution in [2.75, 3.05) is 18.0 Å². The van der Waals surface area contributed by atoms with Gasteiger partial charge in [0.2, 0.25) is 0 Å². The molecule has 4 heteroatoms. The maximum Gasteiger partial charge on any atom is 0.0795 e. The molecule has 0 saturated carbocycles. The smallest absolute Gasteiger partial charge is 0.0795 e. The second-order valence-corrected chi connectivity index (χ2v) is 5.14. The van der Waals surface area contributed by atoms with Crippen molar-refractivity contribution in [2.45, 2.75) is 26.9 Å². The van der Waals surface area contributed by atoms with Crippen LogP contribution in [0.3, 0.4) is 0 Å². The van der Waals surface area contributed by atoms with Crippen LogP contribution in [0, 0.1) is 0 Å². The molecule has 0 saturated heterocycles. The zero-order chi connectivity index (χ0) is 13.5. The number of anilines is 1. The van der Waals surface area contributed by atoms with E-state index in [0.717, 1.165) is 31.9 Å². The zero-order valence-corrected chi connectivity index (χ0v) is 12.4. The molecule has 19 heavy (non-hydrogen) atoms. The molecule has 0 atom stereocenters. The van der Waals surface area contributed by atoms with Crippen LogP contribution in [0.1, 0.15) is 25.1 Å². The lowest BCUT2D eigenvalue weighted by Gasteiger charge is -2.21. The number of rotatable bonds is 7. The van der Waals surface area contributed by atoms with Gasteiger partial charge in [-0.1, -0.05) is 12.1 Å². The lowest BCUT2D eigenvalue weighted by Crippen LogP contribution is -2.21. The van der Waals surface area contributed by atoms with Crippen LogP contribution in [0.4, 0.5) is 5.69 Å². The average molecular weight is 275 g/mol. The van der Waals surface area contributed by atoms with Crippen molar-refractivity contribution in [1.82, 2.24) is 10.3 Å². The van der Waals surface area contributed by atoms with E-state index in [1.807, 2.05) is 5.51 Å². The Hall–Kier alpha value is -1.39. The van der Waals surface area contributed by atoms with Gasteiger partial charge in [-0.05, 0) is 31.5 Å². The predicted octanol–water partition coefficient (Wildman–Crippen LogP) is 3.28. The van der Waals surface area contributed by atoms with Gasteiger partial charge in [0.15, 0.2) is 0 Å². The SMILES string of the molecule is CCN(CC)c1ccc(CNCc2cscn2)cc1. The van der Waals surface area contributed by atoms with Crippen LogP contribution in [0.2, 0.25) is 0 Å². The predicted molar refractivity (Wildman–Crippen MR) is 82.7 cm³/mol. The Balaban J connectivity index is 1.84. The van der Waals surface area contributed by atoms with E-state index in [2.05, 4.69) is 58.7 Å². The first-order valence-electron chi connectivity index (χ1n) is 6.75. The van der Waals surface area contributed by atoms with Gasteiger partial charge >= 0.3 is 0 Å². The molecule has 0 unspecified atom stereocenters. The Labute approximate surface area is 119 Å². The fourth-order valence-electron chi connectivity index (χ4n) is 2.07.